The molecule has 9 heteroatoms. The van der Waals surface area contributed by atoms with Crippen molar-refractivity contribution in [2.24, 2.45) is 4.99 Å². The molecule has 1 aromatic heterocycles. The first-order chi connectivity index (χ1) is 17.8. The average molecular weight is 505 g/mol. The molecule has 0 radical (unpaired) electrons. The molecule has 0 unspecified atom stereocenters. The quantitative estimate of drug-likeness (QED) is 0.306. The Morgan fingerprint density at radius 1 is 1.05 bits per heavy atom. The van der Waals surface area contributed by atoms with E-state index in [9.17, 15) is 18.0 Å². The van der Waals surface area contributed by atoms with E-state index in [0.29, 0.717) is 17.9 Å². The maximum Gasteiger partial charge on any atom is 0.416 e. The number of aryl methyl sites for hydroxylation is 1. The van der Waals surface area contributed by atoms with E-state index in [1.807, 2.05) is 24.3 Å². The lowest BCUT2D eigenvalue weighted by atomic mass is 9.98. The number of benzene rings is 3. The van der Waals surface area contributed by atoms with Crippen LogP contribution >= 0.6 is 0 Å². The van der Waals surface area contributed by atoms with Crippen molar-refractivity contribution < 1.29 is 22.6 Å². The largest absolute Gasteiger partial charge is 0.473 e. The highest BCUT2D eigenvalue weighted by atomic mass is 19.4. The molecule has 1 aliphatic heterocycles. The van der Waals surface area contributed by atoms with Gasteiger partial charge in [0.2, 0.25) is 5.88 Å². The Hall–Kier alpha value is -4.40. The van der Waals surface area contributed by atoms with E-state index in [4.69, 9.17) is 9.47 Å². The zero-order chi connectivity index (χ0) is 26.0. The number of aromatic nitrogens is 2. The number of hydrogen-bond donors (Lipinski definition) is 0. The van der Waals surface area contributed by atoms with Crippen LogP contribution in [0, 0.1) is 0 Å². The van der Waals surface area contributed by atoms with Gasteiger partial charge in [-0.05, 0) is 47.9 Å². The van der Waals surface area contributed by atoms with Gasteiger partial charge < -0.3 is 9.47 Å². The first-order valence-corrected chi connectivity index (χ1v) is 11.5. The third-order valence-electron chi connectivity index (χ3n) is 6.00. The third-order valence-corrected chi connectivity index (χ3v) is 6.00. The van der Waals surface area contributed by atoms with Gasteiger partial charge in [-0.3, -0.25) is 9.56 Å². The van der Waals surface area contributed by atoms with Gasteiger partial charge in [0.15, 0.2) is 0 Å². The number of nitrogens with zero attached hydrogens (tertiary/aromatic N) is 3. The predicted octanol–water partition coefficient (Wildman–Crippen LogP) is 5.91. The standard InChI is InChI=1S/C28H22F3N3O3/c1-32-16-20-13-18(9-10-25(20)37-22-7-4-6-21(14-22)28(29,30)31)17-36-26-15-24-23-8-3-2-5-19(23)11-12-34(24)27(35)33-26/h2-10,13-16H,11-12,17H2,1H3. The summed E-state index contributed by atoms with van der Waals surface area (Å²) in [6.07, 6.45) is -2.15. The van der Waals surface area contributed by atoms with Crippen LogP contribution in [0.5, 0.6) is 17.4 Å². The van der Waals surface area contributed by atoms with Crippen molar-refractivity contribution in [2.45, 2.75) is 25.7 Å². The highest BCUT2D eigenvalue weighted by Gasteiger charge is 2.30. The number of halogens is 3. The van der Waals surface area contributed by atoms with Crippen LogP contribution < -0.4 is 15.2 Å². The van der Waals surface area contributed by atoms with E-state index in [1.54, 1.807) is 42.1 Å². The number of ether oxygens (including phenoxy) is 2. The zero-order valence-electron chi connectivity index (χ0n) is 19.8. The normalized spacial score (nSPS) is 12.8. The molecule has 0 atom stereocenters. The minimum atomic E-state index is -4.47. The van der Waals surface area contributed by atoms with Gasteiger partial charge >= 0.3 is 11.9 Å². The molecular formula is C28H22F3N3O3. The number of alkyl halides is 3. The van der Waals surface area contributed by atoms with Crippen LogP contribution in [-0.2, 0) is 25.7 Å². The van der Waals surface area contributed by atoms with Crippen LogP contribution in [0.4, 0.5) is 13.2 Å². The summed E-state index contributed by atoms with van der Waals surface area (Å²) in [6, 6.07) is 19.5. The van der Waals surface area contributed by atoms with Gasteiger partial charge in [0.05, 0.1) is 11.3 Å². The first kappa shape index (κ1) is 24.3. The van der Waals surface area contributed by atoms with Gasteiger partial charge in [0, 0.05) is 37.0 Å². The van der Waals surface area contributed by atoms with E-state index in [2.05, 4.69) is 9.98 Å². The molecule has 37 heavy (non-hydrogen) atoms. The molecule has 0 spiro atoms. The number of fused-ring (bicyclic) bond motifs is 3. The summed E-state index contributed by atoms with van der Waals surface area (Å²) >= 11 is 0. The van der Waals surface area contributed by atoms with Crippen LogP contribution in [0.3, 0.4) is 0 Å². The topological polar surface area (TPSA) is 65.7 Å². The fourth-order valence-corrected chi connectivity index (χ4v) is 4.26. The van der Waals surface area contributed by atoms with E-state index in [-0.39, 0.29) is 23.9 Å². The number of hydrogen-bond acceptors (Lipinski definition) is 5. The fourth-order valence-electron chi connectivity index (χ4n) is 4.26. The molecule has 6 nitrogen and oxygen atoms in total. The molecule has 0 bridgehead atoms. The average Bonchev–Trinajstić information content (AvgIpc) is 2.88. The number of rotatable bonds is 6. The SMILES string of the molecule is CN=Cc1cc(COc2cc3n(c(=O)n2)CCc2ccccc2-3)ccc1Oc1cccc(C(F)(F)F)c1. The number of aliphatic imine (C=N–C) groups is 1. The summed E-state index contributed by atoms with van der Waals surface area (Å²) in [5, 5.41) is 0. The Morgan fingerprint density at radius 3 is 2.70 bits per heavy atom. The minimum Gasteiger partial charge on any atom is -0.473 e. The van der Waals surface area contributed by atoms with Gasteiger partial charge in [0.25, 0.3) is 0 Å². The van der Waals surface area contributed by atoms with Gasteiger partial charge in [0.1, 0.15) is 18.1 Å². The van der Waals surface area contributed by atoms with E-state index in [0.717, 1.165) is 35.4 Å². The molecule has 0 saturated carbocycles. The van der Waals surface area contributed by atoms with Crippen LogP contribution in [0.2, 0.25) is 0 Å². The predicted molar refractivity (Wildman–Crippen MR) is 133 cm³/mol. The van der Waals surface area contributed by atoms with Crippen molar-refractivity contribution in [3.8, 4) is 28.6 Å². The highest BCUT2D eigenvalue weighted by molar-refractivity contribution is 5.84. The summed E-state index contributed by atoms with van der Waals surface area (Å²) in [5.41, 5.74) is 3.05. The van der Waals surface area contributed by atoms with Crippen LogP contribution in [0.1, 0.15) is 22.3 Å². The van der Waals surface area contributed by atoms with Gasteiger partial charge in [-0.1, -0.05) is 36.4 Å². The summed E-state index contributed by atoms with van der Waals surface area (Å²) in [4.78, 5) is 20.7. The smallest absolute Gasteiger partial charge is 0.416 e. The van der Waals surface area contributed by atoms with E-state index < -0.39 is 11.7 Å². The van der Waals surface area contributed by atoms with Crippen molar-refractivity contribution in [1.82, 2.24) is 9.55 Å². The maximum absolute atomic E-state index is 13.1. The van der Waals surface area contributed by atoms with Crippen molar-refractivity contribution in [2.75, 3.05) is 7.05 Å². The Balaban J connectivity index is 1.37. The van der Waals surface area contributed by atoms with Crippen LogP contribution in [0.15, 0.2) is 82.6 Å². The van der Waals surface area contributed by atoms with E-state index >= 15 is 0 Å². The molecule has 2 heterocycles. The second kappa shape index (κ2) is 9.93. The summed E-state index contributed by atoms with van der Waals surface area (Å²) < 4.78 is 52.4. The monoisotopic (exact) mass is 505 g/mol. The maximum atomic E-state index is 13.1. The van der Waals surface area contributed by atoms with Crippen molar-refractivity contribution in [3.05, 3.63) is 106 Å². The lowest BCUT2D eigenvalue weighted by molar-refractivity contribution is -0.137. The van der Waals surface area contributed by atoms with Gasteiger partial charge in [-0.15, -0.1) is 0 Å². The molecule has 0 fully saturated rings. The summed E-state index contributed by atoms with van der Waals surface area (Å²) in [5.74, 6) is 0.613. The highest BCUT2D eigenvalue weighted by Crippen LogP contribution is 2.34. The fraction of sp³-hybridized carbons (Fsp3) is 0.179. The van der Waals surface area contributed by atoms with E-state index in [1.165, 1.54) is 17.7 Å². The molecule has 4 aromatic rings. The molecule has 5 rings (SSSR count). The van der Waals surface area contributed by atoms with Gasteiger partial charge in [-0.25, -0.2) is 4.79 Å². The lowest BCUT2D eigenvalue weighted by Gasteiger charge is -2.21. The van der Waals surface area contributed by atoms with Gasteiger partial charge in [-0.2, -0.15) is 18.2 Å². The summed E-state index contributed by atoms with van der Waals surface area (Å²) in [6.45, 7) is 0.678. The minimum absolute atomic E-state index is 0.0589. The zero-order valence-corrected chi connectivity index (χ0v) is 19.8. The van der Waals surface area contributed by atoms with Crippen molar-refractivity contribution in [1.29, 1.82) is 0 Å². The Morgan fingerprint density at radius 2 is 1.89 bits per heavy atom. The molecule has 188 valence electrons. The Bertz CT molecular complexity index is 1540. The molecular weight excluding hydrogens is 483 g/mol. The first-order valence-electron chi connectivity index (χ1n) is 11.5. The molecule has 0 amide bonds. The third kappa shape index (κ3) is 5.25. The molecule has 0 N–H and O–H groups in total. The van der Waals surface area contributed by atoms with Crippen LogP contribution in [0.25, 0.3) is 11.3 Å². The van der Waals surface area contributed by atoms with Crippen molar-refractivity contribution >= 4 is 6.21 Å². The second-order valence-electron chi connectivity index (χ2n) is 8.50. The Labute approximate surface area is 210 Å². The second-order valence-corrected chi connectivity index (χ2v) is 8.50. The molecule has 0 saturated heterocycles. The van der Waals surface area contributed by atoms with Crippen LogP contribution in [-0.4, -0.2) is 22.8 Å². The summed E-state index contributed by atoms with van der Waals surface area (Å²) in [7, 11) is 1.58. The molecule has 3 aromatic carbocycles. The molecule has 1 aliphatic rings. The Kier molecular flexibility index (Phi) is 6.52. The molecule has 0 aliphatic carbocycles. The van der Waals surface area contributed by atoms with Crippen molar-refractivity contribution in [3.63, 3.8) is 0 Å². The lowest BCUT2D eigenvalue weighted by Crippen LogP contribution is -2.28.